The molecule has 0 radical (unpaired) electrons. The van der Waals surface area contributed by atoms with Gasteiger partial charge in [-0.25, -0.2) is 4.39 Å². The van der Waals surface area contributed by atoms with Crippen LogP contribution in [0.25, 0.3) is 0 Å². The molecule has 5 rings (SSSR count). The summed E-state index contributed by atoms with van der Waals surface area (Å²) in [6.07, 6.45) is 4.25. The second-order valence-electron chi connectivity index (χ2n) is 9.58. The van der Waals surface area contributed by atoms with Crippen LogP contribution >= 0.6 is 0 Å². The van der Waals surface area contributed by atoms with Gasteiger partial charge in [-0.3, -0.25) is 19.9 Å². The minimum absolute atomic E-state index is 0.0662. The molecule has 190 valence electrons. The summed E-state index contributed by atoms with van der Waals surface area (Å²) < 4.78 is 18.8. The number of carbonyl (C=O) groups is 2. The Balaban J connectivity index is 1.25. The lowest BCUT2D eigenvalue weighted by atomic mass is 9.80. The molecule has 1 saturated heterocycles. The Labute approximate surface area is 210 Å². The highest BCUT2D eigenvalue weighted by molar-refractivity contribution is 5.91. The van der Waals surface area contributed by atoms with Crippen LogP contribution in [0.3, 0.4) is 0 Å². The van der Waals surface area contributed by atoms with Gasteiger partial charge in [0.25, 0.3) is 0 Å². The molecule has 2 heterocycles. The zero-order valence-corrected chi connectivity index (χ0v) is 20.5. The third-order valence-electron chi connectivity index (χ3n) is 7.36. The van der Waals surface area contributed by atoms with Crippen LogP contribution in [0.15, 0.2) is 53.6 Å². The van der Waals surface area contributed by atoms with Gasteiger partial charge < -0.3 is 15.0 Å². The smallest absolute Gasteiger partial charge is 0.231 e. The van der Waals surface area contributed by atoms with E-state index < -0.39 is 6.29 Å². The van der Waals surface area contributed by atoms with Gasteiger partial charge >= 0.3 is 0 Å². The molecule has 3 atom stereocenters. The van der Waals surface area contributed by atoms with E-state index in [1.807, 2.05) is 24.3 Å². The molecule has 2 N–H and O–H groups in total. The predicted octanol–water partition coefficient (Wildman–Crippen LogP) is 3.33. The molecule has 2 amide bonds. The van der Waals surface area contributed by atoms with Crippen molar-refractivity contribution in [2.24, 2.45) is 11.0 Å². The van der Waals surface area contributed by atoms with Crippen LogP contribution in [0.4, 0.5) is 4.39 Å². The topological polar surface area (TPSA) is 86.3 Å². The molecule has 2 aromatic carbocycles. The molecule has 1 aliphatic carbocycles. The molecule has 0 spiro atoms. The van der Waals surface area contributed by atoms with Crippen molar-refractivity contribution in [3.05, 3.63) is 65.5 Å². The predicted molar refractivity (Wildman–Crippen MR) is 133 cm³/mol. The Hall–Kier alpha value is -3.62. The quantitative estimate of drug-likeness (QED) is 0.589. The average Bonchev–Trinajstić information content (AvgIpc) is 3.34. The summed E-state index contributed by atoms with van der Waals surface area (Å²) in [5.74, 6) is 1.20. The molecule has 2 aliphatic heterocycles. The third kappa shape index (κ3) is 4.87. The van der Waals surface area contributed by atoms with Crippen LogP contribution in [-0.2, 0) is 22.7 Å². The molecule has 3 aliphatic rings. The van der Waals surface area contributed by atoms with E-state index in [-0.39, 0.29) is 29.6 Å². The highest BCUT2D eigenvalue weighted by Gasteiger charge is 2.50. The Morgan fingerprint density at radius 1 is 1.17 bits per heavy atom. The van der Waals surface area contributed by atoms with Crippen LogP contribution in [0.1, 0.15) is 49.7 Å². The molecule has 9 heteroatoms. The van der Waals surface area contributed by atoms with Gasteiger partial charge in [-0.1, -0.05) is 43.2 Å². The molecular formula is C27H32FN5O3. The van der Waals surface area contributed by atoms with E-state index in [9.17, 15) is 14.0 Å². The van der Waals surface area contributed by atoms with Crippen LogP contribution in [0, 0.1) is 11.7 Å². The van der Waals surface area contributed by atoms with E-state index in [1.54, 1.807) is 24.1 Å². The van der Waals surface area contributed by atoms with Gasteiger partial charge in [0.1, 0.15) is 17.4 Å². The first kappa shape index (κ1) is 24.1. The number of nitrogens with one attached hydrogen (secondary N) is 2. The monoisotopic (exact) mass is 493 g/mol. The highest BCUT2D eigenvalue weighted by Crippen LogP contribution is 2.38. The summed E-state index contributed by atoms with van der Waals surface area (Å²) in [4.78, 5) is 30.2. The van der Waals surface area contributed by atoms with Crippen molar-refractivity contribution in [2.75, 3.05) is 7.11 Å². The van der Waals surface area contributed by atoms with Crippen molar-refractivity contribution in [3.63, 3.8) is 0 Å². The van der Waals surface area contributed by atoms with Crippen molar-refractivity contribution in [3.8, 4) is 5.75 Å². The molecule has 1 saturated carbocycles. The van der Waals surface area contributed by atoms with Crippen LogP contribution in [0.2, 0.25) is 0 Å². The molecule has 2 aromatic rings. The number of fused-ring (bicyclic) bond motifs is 3. The van der Waals surface area contributed by atoms with Gasteiger partial charge in [0, 0.05) is 37.5 Å². The van der Waals surface area contributed by atoms with Gasteiger partial charge in [0.15, 0.2) is 6.29 Å². The largest absolute Gasteiger partial charge is 0.496 e. The average molecular weight is 494 g/mol. The van der Waals surface area contributed by atoms with Crippen molar-refractivity contribution in [2.45, 2.75) is 63.9 Å². The number of rotatable bonds is 8. The van der Waals surface area contributed by atoms with Gasteiger partial charge in [-0.05, 0) is 36.6 Å². The minimum atomic E-state index is -0.395. The first-order chi connectivity index (χ1) is 17.5. The first-order valence-electron chi connectivity index (χ1n) is 12.6. The standard InChI is InChI=1S/C27H32FN5O3/c1-36-23-9-5-2-6-19(23)16-29-25(34)15-14-24-30-31-27-32(17-18-10-12-20(28)13-11-18)26(35)21-7-3-4-8-22(21)33(24)27/h2,5-6,9-13,21-22,27,31H,3-4,7-8,14-17H2,1H3,(H,29,34). The van der Waals surface area contributed by atoms with Crippen LogP contribution in [0.5, 0.6) is 5.75 Å². The Morgan fingerprint density at radius 3 is 2.75 bits per heavy atom. The lowest BCUT2D eigenvalue weighted by molar-refractivity contribution is -0.156. The summed E-state index contributed by atoms with van der Waals surface area (Å²) in [5.41, 5.74) is 4.93. The second-order valence-corrected chi connectivity index (χ2v) is 9.58. The summed E-state index contributed by atoms with van der Waals surface area (Å²) >= 11 is 0. The number of benzene rings is 2. The van der Waals surface area contributed by atoms with Gasteiger partial charge in [-0.15, -0.1) is 0 Å². The number of amides is 2. The normalized spacial score (nSPS) is 22.9. The minimum Gasteiger partial charge on any atom is -0.496 e. The number of hydrogen-bond acceptors (Lipinski definition) is 6. The molecule has 0 aromatic heterocycles. The number of ether oxygens (including phenoxy) is 1. The molecular weight excluding hydrogens is 461 g/mol. The van der Waals surface area contributed by atoms with Gasteiger partial charge in [-0.2, -0.15) is 5.10 Å². The van der Waals surface area contributed by atoms with E-state index in [0.717, 1.165) is 48.4 Å². The maximum Gasteiger partial charge on any atom is 0.231 e. The second kappa shape index (κ2) is 10.6. The van der Waals surface area contributed by atoms with E-state index >= 15 is 0 Å². The maximum atomic E-state index is 13.5. The Kier molecular flexibility index (Phi) is 7.06. The summed E-state index contributed by atoms with van der Waals surface area (Å²) in [6.45, 7) is 0.767. The fraction of sp³-hybridized carbons (Fsp3) is 0.444. The van der Waals surface area contributed by atoms with E-state index in [0.29, 0.717) is 25.9 Å². The zero-order chi connectivity index (χ0) is 25.1. The lowest BCUT2D eigenvalue weighted by Gasteiger charge is -2.50. The van der Waals surface area contributed by atoms with Gasteiger partial charge in [0.05, 0.1) is 13.0 Å². The Morgan fingerprint density at radius 2 is 1.94 bits per heavy atom. The fourth-order valence-corrected chi connectivity index (χ4v) is 5.54. The van der Waals surface area contributed by atoms with Crippen LogP contribution < -0.4 is 15.5 Å². The zero-order valence-electron chi connectivity index (χ0n) is 20.5. The number of halogens is 1. The molecule has 2 fully saturated rings. The van der Waals surface area contributed by atoms with Crippen molar-refractivity contribution < 1.29 is 18.7 Å². The molecule has 3 unspecified atom stereocenters. The van der Waals surface area contributed by atoms with Crippen molar-refractivity contribution in [1.82, 2.24) is 20.5 Å². The van der Waals surface area contributed by atoms with E-state index in [2.05, 4.69) is 20.7 Å². The summed E-state index contributed by atoms with van der Waals surface area (Å²) in [6, 6.07) is 13.9. The first-order valence-corrected chi connectivity index (χ1v) is 12.6. The number of amidine groups is 1. The third-order valence-corrected chi connectivity index (χ3v) is 7.36. The van der Waals surface area contributed by atoms with E-state index in [4.69, 9.17) is 4.74 Å². The molecule has 8 nitrogen and oxygen atoms in total. The van der Waals surface area contributed by atoms with Crippen molar-refractivity contribution in [1.29, 1.82) is 0 Å². The maximum absolute atomic E-state index is 13.5. The highest BCUT2D eigenvalue weighted by atomic mass is 19.1. The molecule has 0 bridgehead atoms. The fourth-order valence-electron chi connectivity index (χ4n) is 5.54. The number of hydrogen-bond donors (Lipinski definition) is 2. The number of hydrazone groups is 1. The van der Waals surface area contributed by atoms with E-state index in [1.165, 1.54) is 12.1 Å². The number of para-hydroxylation sites is 1. The number of carbonyl (C=O) groups excluding carboxylic acids is 2. The lowest BCUT2D eigenvalue weighted by Crippen LogP contribution is -2.67. The summed E-state index contributed by atoms with van der Waals surface area (Å²) in [5, 5.41) is 7.54. The number of methoxy groups -OCH3 is 1. The summed E-state index contributed by atoms with van der Waals surface area (Å²) in [7, 11) is 1.61. The SMILES string of the molecule is COc1ccccc1CNC(=O)CCC1=NNC2N(Cc3ccc(F)cc3)C(=O)C3CCCCC3N12. The van der Waals surface area contributed by atoms with Crippen LogP contribution in [-0.4, -0.2) is 46.9 Å². The number of nitrogens with zero attached hydrogens (tertiary/aromatic N) is 3. The molecule has 36 heavy (non-hydrogen) atoms. The van der Waals surface area contributed by atoms with Crippen molar-refractivity contribution >= 4 is 17.6 Å². The van der Waals surface area contributed by atoms with Gasteiger partial charge in [0.2, 0.25) is 11.8 Å². The Bertz CT molecular complexity index is 1140.